The monoisotopic (exact) mass is 521 g/mol. The van der Waals surface area contributed by atoms with Crippen LogP contribution in [0.5, 0.6) is 5.75 Å². The van der Waals surface area contributed by atoms with Crippen LogP contribution >= 0.6 is 0 Å². The molecule has 1 aliphatic heterocycles. The molecule has 210 valence electrons. The first-order valence-electron chi connectivity index (χ1n) is 14.2. The summed E-state index contributed by atoms with van der Waals surface area (Å²) in [5.74, 6) is -0.162. The maximum atomic E-state index is 16.1. The first-order chi connectivity index (χ1) is 17.8. The maximum absolute atomic E-state index is 16.1. The number of likely N-dealkylation sites (N-methyl/N-ethyl adjacent to an activating group) is 1. The van der Waals surface area contributed by atoms with Crippen LogP contribution < -0.4 is 15.4 Å². The molecule has 0 spiro atoms. The van der Waals surface area contributed by atoms with Crippen LogP contribution in [0, 0.1) is 17.7 Å². The van der Waals surface area contributed by atoms with Crippen LogP contribution in [0.1, 0.15) is 77.2 Å². The Bertz CT molecular complexity index is 856. The molecule has 8 heteroatoms. The standard InChI is InChI=1S/C29H48FN3O4/c1-21-11-5-6-14-25(21)37-26-15-9-13-24(27(26)30)29(35,16-7-8-18-36-4)23-12-10-17-33(20-23)28(34)32-22(2)19-31-3/h9,13,15,21-23,25,31,35H,5-8,10-12,14,16-20H2,1-4H3,(H,32,34)/t21?,22-,23+,25?,29-/m0/s1. The Morgan fingerprint density at radius 1 is 1.24 bits per heavy atom. The molecule has 0 radical (unpaired) electrons. The zero-order valence-electron chi connectivity index (χ0n) is 23.2. The van der Waals surface area contributed by atoms with Gasteiger partial charge in [0.2, 0.25) is 0 Å². The largest absolute Gasteiger partial charge is 0.487 e. The van der Waals surface area contributed by atoms with Gasteiger partial charge in [-0.25, -0.2) is 9.18 Å². The average molecular weight is 522 g/mol. The number of hydrogen-bond donors (Lipinski definition) is 3. The molecule has 7 nitrogen and oxygen atoms in total. The highest BCUT2D eigenvalue weighted by molar-refractivity contribution is 5.74. The van der Waals surface area contributed by atoms with Crippen molar-refractivity contribution in [3.63, 3.8) is 0 Å². The van der Waals surface area contributed by atoms with E-state index in [2.05, 4.69) is 17.6 Å². The number of hydrogen-bond acceptors (Lipinski definition) is 5. The first kappa shape index (κ1) is 29.7. The molecular formula is C29H48FN3O4. The van der Waals surface area contributed by atoms with Crippen molar-refractivity contribution in [1.82, 2.24) is 15.5 Å². The first-order valence-corrected chi connectivity index (χ1v) is 14.2. The maximum Gasteiger partial charge on any atom is 0.317 e. The van der Waals surface area contributed by atoms with Gasteiger partial charge in [-0.1, -0.05) is 25.5 Å². The van der Waals surface area contributed by atoms with Crippen LogP contribution in [0.15, 0.2) is 18.2 Å². The fraction of sp³-hybridized carbons (Fsp3) is 0.759. The van der Waals surface area contributed by atoms with E-state index in [0.29, 0.717) is 45.0 Å². The highest BCUT2D eigenvalue weighted by Crippen LogP contribution is 2.43. The van der Waals surface area contributed by atoms with E-state index >= 15 is 4.39 Å². The summed E-state index contributed by atoms with van der Waals surface area (Å²) in [6.07, 6.45) is 7.61. The number of amides is 2. The predicted molar refractivity (Wildman–Crippen MR) is 144 cm³/mol. The van der Waals surface area contributed by atoms with Gasteiger partial charge in [0.1, 0.15) is 6.10 Å². The lowest BCUT2D eigenvalue weighted by Crippen LogP contribution is -2.53. The fourth-order valence-electron chi connectivity index (χ4n) is 5.97. The fourth-order valence-corrected chi connectivity index (χ4v) is 5.97. The zero-order chi connectivity index (χ0) is 26.8. The Hall–Kier alpha value is -1.90. The lowest BCUT2D eigenvalue weighted by atomic mass is 9.74. The van der Waals surface area contributed by atoms with E-state index in [-0.39, 0.29) is 35.4 Å². The zero-order valence-corrected chi connectivity index (χ0v) is 23.2. The number of rotatable bonds is 12. The van der Waals surface area contributed by atoms with Crippen molar-refractivity contribution in [3.05, 3.63) is 29.6 Å². The highest BCUT2D eigenvalue weighted by Gasteiger charge is 2.43. The summed E-state index contributed by atoms with van der Waals surface area (Å²) >= 11 is 0. The topological polar surface area (TPSA) is 83.1 Å². The van der Waals surface area contributed by atoms with Gasteiger partial charge in [0.15, 0.2) is 11.6 Å². The Balaban J connectivity index is 1.84. The third-order valence-corrected chi connectivity index (χ3v) is 8.16. The predicted octanol–water partition coefficient (Wildman–Crippen LogP) is 4.82. The molecule has 2 fully saturated rings. The van der Waals surface area contributed by atoms with E-state index in [1.807, 2.05) is 14.0 Å². The van der Waals surface area contributed by atoms with Crippen LogP contribution in [0.4, 0.5) is 9.18 Å². The lowest BCUT2D eigenvalue weighted by molar-refractivity contribution is -0.0592. The minimum atomic E-state index is -1.41. The summed E-state index contributed by atoms with van der Waals surface area (Å²) in [6, 6.07) is 5.00. The quantitative estimate of drug-likeness (QED) is 0.344. The van der Waals surface area contributed by atoms with Gasteiger partial charge in [0.25, 0.3) is 0 Å². The molecule has 0 aromatic heterocycles. The summed E-state index contributed by atoms with van der Waals surface area (Å²) in [7, 11) is 3.51. The number of unbranched alkanes of at least 4 members (excludes halogenated alkanes) is 1. The van der Waals surface area contributed by atoms with Gasteiger partial charge in [-0.3, -0.25) is 0 Å². The molecule has 1 heterocycles. The molecule has 0 bridgehead atoms. The van der Waals surface area contributed by atoms with Crippen molar-refractivity contribution in [3.8, 4) is 5.75 Å². The number of carbonyl (C=O) groups is 1. The van der Waals surface area contributed by atoms with Gasteiger partial charge in [-0.2, -0.15) is 0 Å². The van der Waals surface area contributed by atoms with Crippen LogP contribution in [0.2, 0.25) is 0 Å². The Labute approximate surface area is 222 Å². The van der Waals surface area contributed by atoms with Crippen molar-refractivity contribution in [2.45, 2.75) is 89.4 Å². The van der Waals surface area contributed by atoms with Crippen LogP contribution in [0.3, 0.4) is 0 Å². The van der Waals surface area contributed by atoms with E-state index in [1.54, 1.807) is 30.2 Å². The number of methoxy groups -OCH3 is 1. The summed E-state index contributed by atoms with van der Waals surface area (Å²) in [6.45, 7) is 6.38. The number of likely N-dealkylation sites (tertiary alicyclic amines) is 1. The lowest BCUT2D eigenvalue weighted by Gasteiger charge is -2.43. The Morgan fingerprint density at radius 2 is 2.03 bits per heavy atom. The molecule has 2 unspecified atom stereocenters. The van der Waals surface area contributed by atoms with Crippen molar-refractivity contribution in [2.24, 2.45) is 11.8 Å². The van der Waals surface area contributed by atoms with Crippen LogP contribution in [0.25, 0.3) is 0 Å². The summed E-state index contributed by atoms with van der Waals surface area (Å²) in [5.41, 5.74) is -1.13. The SMILES string of the molecule is CNC[C@H](C)NC(=O)N1CCC[C@@H]([C@@](O)(CCCCOC)c2cccc(OC3CCCCC3C)c2F)C1. The minimum Gasteiger partial charge on any atom is -0.487 e. The smallest absolute Gasteiger partial charge is 0.317 e. The van der Waals surface area contributed by atoms with E-state index in [4.69, 9.17) is 9.47 Å². The molecule has 1 saturated heterocycles. The van der Waals surface area contributed by atoms with E-state index in [9.17, 15) is 9.90 Å². The molecule has 37 heavy (non-hydrogen) atoms. The summed E-state index contributed by atoms with van der Waals surface area (Å²) < 4.78 is 27.5. The van der Waals surface area contributed by atoms with Crippen molar-refractivity contribution in [1.29, 1.82) is 0 Å². The van der Waals surface area contributed by atoms with Crippen molar-refractivity contribution in [2.75, 3.05) is 40.4 Å². The number of urea groups is 1. The second-order valence-corrected chi connectivity index (χ2v) is 11.1. The molecule has 1 aliphatic carbocycles. The van der Waals surface area contributed by atoms with Gasteiger partial charge < -0.3 is 30.1 Å². The van der Waals surface area contributed by atoms with Crippen molar-refractivity contribution >= 4 is 6.03 Å². The summed E-state index contributed by atoms with van der Waals surface area (Å²) in [5, 5.41) is 18.3. The number of nitrogens with zero attached hydrogens (tertiary/aromatic N) is 1. The molecule has 1 saturated carbocycles. The van der Waals surface area contributed by atoms with Crippen molar-refractivity contribution < 1.29 is 23.8 Å². The number of carbonyl (C=O) groups excluding carboxylic acids is 1. The molecule has 1 aromatic carbocycles. The molecule has 5 atom stereocenters. The molecule has 3 N–H and O–H groups in total. The van der Waals surface area contributed by atoms with Gasteiger partial charge in [0.05, 0.1) is 5.60 Å². The normalized spacial score (nSPS) is 24.8. The van der Waals surface area contributed by atoms with Gasteiger partial charge in [0, 0.05) is 50.9 Å². The Morgan fingerprint density at radius 3 is 2.76 bits per heavy atom. The number of aliphatic hydroxyl groups is 1. The highest BCUT2D eigenvalue weighted by atomic mass is 19.1. The van der Waals surface area contributed by atoms with E-state index in [0.717, 1.165) is 38.5 Å². The molecule has 1 aromatic rings. The van der Waals surface area contributed by atoms with Crippen LogP contribution in [-0.4, -0.2) is 68.6 Å². The molecule has 3 rings (SSSR count). The third-order valence-electron chi connectivity index (χ3n) is 8.16. The number of halogens is 1. The van der Waals surface area contributed by atoms with E-state index in [1.165, 1.54) is 6.42 Å². The summed E-state index contributed by atoms with van der Waals surface area (Å²) in [4.78, 5) is 14.7. The molecular weight excluding hydrogens is 473 g/mol. The average Bonchev–Trinajstić information content (AvgIpc) is 2.89. The second kappa shape index (κ2) is 14.3. The Kier molecular flexibility index (Phi) is 11.5. The minimum absolute atomic E-state index is 0.0123. The van der Waals surface area contributed by atoms with Gasteiger partial charge in [-0.15, -0.1) is 0 Å². The third kappa shape index (κ3) is 7.80. The number of benzene rings is 1. The van der Waals surface area contributed by atoms with E-state index < -0.39 is 11.4 Å². The van der Waals surface area contributed by atoms with Gasteiger partial charge in [-0.05, 0) is 77.3 Å². The van der Waals surface area contributed by atoms with Crippen LogP contribution in [-0.2, 0) is 10.3 Å². The number of piperidine rings is 1. The molecule has 2 amide bonds. The molecule has 2 aliphatic rings. The van der Waals surface area contributed by atoms with Gasteiger partial charge >= 0.3 is 6.03 Å². The number of ether oxygens (including phenoxy) is 2. The number of nitrogens with one attached hydrogen (secondary N) is 2. The second-order valence-electron chi connectivity index (χ2n) is 11.1.